The zero-order chi connectivity index (χ0) is 27.4. The molecule has 0 bridgehead atoms. The third-order valence-electron chi connectivity index (χ3n) is 5.98. The smallest absolute Gasteiger partial charge is 0.335 e. The van der Waals surface area contributed by atoms with E-state index in [4.69, 9.17) is 4.74 Å². The number of fused-ring (bicyclic) bond motifs is 1. The SMILES string of the molecule is CC[C@@H](C)c1nc2ccc(Br)cc2c(=O)n1N=Cc1cccc([N+](=O)[O-])c1OCc1cccc(C(=O)O)c1. The molecule has 0 fully saturated rings. The number of para-hydroxylation sites is 1. The van der Waals surface area contributed by atoms with Crippen molar-refractivity contribution < 1.29 is 19.6 Å². The van der Waals surface area contributed by atoms with Crippen LogP contribution >= 0.6 is 15.9 Å². The number of nitro benzene ring substituents is 1. The Kier molecular flexibility index (Phi) is 7.96. The molecule has 1 aromatic heterocycles. The molecule has 0 saturated carbocycles. The average molecular weight is 579 g/mol. The van der Waals surface area contributed by atoms with E-state index < -0.39 is 10.9 Å². The Balaban J connectivity index is 1.78. The highest BCUT2D eigenvalue weighted by molar-refractivity contribution is 9.10. The number of carbonyl (C=O) groups is 1. The predicted octanol–water partition coefficient (Wildman–Crippen LogP) is 5.74. The molecule has 0 aliphatic rings. The van der Waals surface area contributed by atoms with Gasteiger partial charge >= 0.3 is 11.7 Å². The number of carboxylic acids is 1. The minimum absolute atomic E-state index is 0.0587. The van der Waals surface area contributed by atoms with Gasteiger partial charge in [0, 0.05) is 22.0 Å². The maximum atomic E-state index is 13.4. The molecule has 1 atom stereocenters. The second kappa shape index (κ2) is 11.3. The molecule has 0 amide bonds. The van der Waals surface area contributed by atoms with Crippen LogP contribution in [0.15, 0.2) is 75.0 Å². The summed E-state index contributed by atoms with van der Waals surface area (Å²) in [5.41, 5.74) is 0.737. The van der Waals surface area contributed by atoms with Crippen molar-refractivity contribution in [2.75, 3.05) is 0 Å². The van der Waals surface area contributed by atoms with Crippen molar-refractivity contribution in [3.8, 4) is 5.75 Å². The van der Waals surface area contributed by atoms with Gasteiger partial charge in [0.1, 0.15) is 12.4 Å². The van der Waals surface area contributed by atoms with Gasteiger partial charge in [0.15, 0.2) is 0 Å². The molecule has 0 aliphatic heterocycles. The summed E-state index contributed by atoms with van der Waals surface area (Å²) in [6.45, 7) is 3.80. The highest BCUT2D eigenvalue weighted by atomic mass is 79.9. The summed E-state index contributed by atoms with van der Waals surface area (Å²) in [5.74, 6) is -0.780. The molecular formula is C27H23BrN4O6. The van der Waals surface area contributed by atoms with Crippen LogP contribution in [0.5, 0.6) is 5.75 Å². The molecule has 4 aromatic rings. The van der Waals surface area contributed by atoms with Gasteiger partial charge in [0.25, 0.3) is 5.56 Å². The van der Waals surface area contributed by atoms with E-state index in [1.807, 2.05) is 19.9 Å². The van der Waals surface area contributed by atoms with Gasteiger partial charge in [-0.3, -0.25) is 14.9 Å². The Morgan fingerprint density at radius 1 is 1.24 bits per heavy atom. The van der Waals surface area contributed by atoms with E-state index in [-0.39, 0.29) is 40.6 Å². The zero-order valence-corrected chi connectivity index (χ0v) is 22.1. The number of nitrogens with zero attached hydrogens (tertiary/aromatic N) is 4. The molecule has 0 radical (unpaired) electrons. The highest BCUT2D eigenvalue weighted by Gasteiger charge is 2.20. The Morgan fingerprint density at radius 2 is 2.00 bits per heavy atom. The predicted molar refractivity (Wildman–Crippen MR) is 146 cm³/mol. The fraction of sp³-hybridized carbons (Fsp3) is 0.185. The van der Waals surface area contributed by atoms with Crippen molar-refractivity contribution in [1.29, 1.82) is 0 Å². The number of aromatic carboxylic acids is 1. The topological polar surface area (TPSA) is 137 Å². The summed E-state index contributed by atoms with van der Waals surface area (Å²) in [7, 11) is 0. The quantitative estimate of drug-likeness (QED) is 0.152. The third kappa shape index (κ3) is 5.62. The summed E-state index contributed by atoms with van der Waals surface area (Å²) in [4.78, 5) is 40.5. The van der Waals surface area contributed by atoms with E-state index in [2.05, 4.69) is 26.0 Å². The standard InChI is InChI=1S/C27H23BrN4O6/c1-3-16(2)25-30-22-11-10-20(28)13-21(22)26(33)31(25)29-14-19-8-5-9-23(32(36)37)24(19)38-15-17-6-4-7-18(12-17)27(34)35/h4-14,16H,3,15H2,1-2H3,(H,34,35)/t16-/m1/s1. The largest absolute Gasteiger partial charge is 0.481 e. The first-order valence-corrected chi connectivity index (χ1v) is 12.5. The summed E-state index contributed by atoms with van der Waals surface area (Å²) in [6.07, 6.45) is 2.04. The molecule has 0 saturated heterocycles. The molecule has 0 aliphatic carbocycles. The van der Waals surface area contributed by atoms with Crippen molar-refractivity contribution in [1.82, 2.24) is 9.66 Å². The molecule has 0 unspecified atom stereocenters. The van der Waals surface area contributed by atoms with E-state index >= 15 is 0 Å². The summed E-state index contributed by atoms with van der Waals surface area (Å²) in [6, 6.07) is 15.7. The van der Waals surface area contributed by atoms with Crippen molar-refractivity contribution in [2.24, 2.45) is 5.10 Å². The van der Waals surface area contributed by atoms with Gasteiger partial charge in [-0.25, -0.2) is 9.78 Å². The monoisotopic (exact) mass is 578 g/mol. The van der Waals surface area contributed by atoms with Crippen molar-refractivity contribution in [3.05, 3.63) is 108 Å². The van der Waals surface area contributed by atoms with E-state index in [1.54, 1.807) is 30.3 Å². The molecule has 194 valence electrons. The van der Waals surface area contributed by atoms with E-state index in [1.165, 1.54) is 35.2 Å². The number of ether oxygens (including phenoxy) is 1. The Labute approximate surface area is 225 Å². The van der Waals surface area contributed by atoms with Crippen LogP contribution in [-0.2, 0) is 6.61 Å². The maximum absolute atomic E-state index is 13.4. The van der Waals surface area contributed by atoms with Gasteiger partial charge < -0.3 is 9.84 Å². The number of benzene rings is 3. The first kappa shape index (κ1) is 26.7. The average Bonchev–Trinajstić information content (AvgIpc) is 2.91. The van der Waals surface area contributed by atoms with Crippen molar-refractivity contribution in [2.45, 2.75) is 32.8 Å². The lowest BCUT2D eigenvalue weighted by Crippen LogP contribution is -2.23. The van der Waals surface area contributed by atoms with Crippen molar-refractivity contribution in [3.63, 3.8) is 0 Å². The third-order valence-corrected chi connectivity index (χ3v) is 6.47. The van der Waals surface area contributed by atoms with E-state index in [9.17, 15) is 24.8 Å². The fourth-order valence-corrected chi connectivity index (χ4v) is 4.15. The Hall–Kier alpha value is -4.38. The molecule has 4 rings (SSSR count). The second-order valence-corrected chi connectivity index (χ2v) is 9.46. The minimum Gasteiger partial charge on any atom is -0.481 e. The molecule has 0 spiro atoms. The first-order valence-electron chi connectivity index (χ1n) is 11.7. The molecular weight excluding hydrogens is 556 g/mol. The van der Waals surface area contributed by atoms with Crippen molar-refractivity contribution >= 4 is 44.7 Å². The lowest BCUT2D eigenvalue weighted by atomic mass is 10.1. The van der Waals surface area contributed by atoms with Crippen LogP contribution in [0, 0.1) is 10.1 Å². The molecule has 11 heteroatoms. The normalized spacial score (nSPS) is 12.1. The highest BCUT2D eigenvalue weighted by Crippen LogP contribution is 2.31. The summed E-state index contributed by atoms with van der Waals surface area (Å²) < 4.78 is 7.75. The molecule has 1 N–H and O–H groups in total. The molecule has 10 nitrogen and oxygen atoms in total. The van der Waals surface area contributed by atoms with Gasteiger partial charge in [-0.2, -0.15) is 9.78 Å². The van der Waals surface area contributed by atoms with Gasteiger partial charge in [0.2, 0.25) is 5.75 Å². The van der Waals surface area contributed by atoms with Crippen LogP contribution in [0.1, 0.15) is 53.5 Å². The number of hydrogen-bond acceptors (Lipinski definition) is 7. The second-order valence-electron chi connectivity index (χ2n) is 8.55. The molecule has 3 aromatic carbocycles. The van der Waals surface area contributed by atoms with Crippen LogP contribution < -0.4 is 10.3 Å². The Morgan fingerprint density at radius 3 is 2.71 bits per heavy atom. The van der Waals surface area contributed by atoms with Crippen LogP contribution in [0.3, 0.4) is 0 Å². The maximum Gasteiger partial charge on any atom is 0.335 e. The van der Waals surface area contributed by atoms with Gasteiger partial charge in [0.05, 0.1) is 27.6 Å². The number of aromatic nitrogens is 2. The first-order chi connectivity index (χ1) is 18.2. The number of carboxylic acid groups (broad SMARTS) is 1. The molecule has 1 heterocycles. The van der Waals surface area contributed by atoms with Gasteiger partial charge in [-0.05, 0) is 48.4 Å². The van der Waals surface area contributed by atoms with Crippen LogP contribution in [0.4, 0.5) is 5.69 Å². The van der Waals surface area contributed by atoms with Gasteiger partial charge in [-0.15, -0.1) is 0 Å². The lowest BCUT2D eigenvalue weighted by Gasteiger charge is -2.14. The zero-order valence-electron chi connectivity index (χ0n) is 20.5. The Bertz CT molecular complexity index is 1630. The van der Waals surface area contributed by atoms with Crippen LogP contribution in [0.2, 0.25) is 0 Å². The number of hydrogen-bond donors (Lipinski definition) is 1. The summed E-state index contributed by atoms with van der Waals surface area (Å²) >= 11 is 3.38. The van der Waals surface area contributed by atoms with E-state index in [0.717, 1.165) is 4.47 Å². The fourth-order valence-electron chi connectivity index (χ4n) is 3.79. The molecule has 38 heavy (non-hydrogen) atoms. The van der Waals surface area contributed by atoms with Gasteiger partial charge in [-0.1, -0.05) is 48.0 Å². The minimum atomic E-state index is -1.09. The van der Waals surface area contributed by atoms with Crippen LogP contribution in [-0.4, -0.2) is 31.9 Å². The lowest BCUT2D eigenvalue weighted by molar-refractivity contribution is -0.385. The summed E-state index contributed by atoms with van der Waals surface area (Å²) in [5, 5.41) is 25.8. The van der Waals surface area contributed by atoms with Crippen LogP contribution in [0.25, 0.3) is 10.9 Å². The number of halogens is 1. The number of nitro groups is 1. The van der Waals surface area contributed by atoms with E-state index in [0.29, 0.717) is 28.7 Å². The number of rotatable bonds is 9.